The summed E-state index contributed by atoms with van der Waals surface area (Å²) in [5.74, 6) is 1.53. The van der Waals surface area contributed by atoms with E-state index in [1.54, 1.807) is 11.9 Å². The Morgan fingerprint density at radius 1 is 0.973 bits per heavy atom. The van der Waals surface area contributed by atoms with Gasteiger partial charge in [-0.3, -0.25) is 0 Å². The minimum atomic E-state index is -0.00411. The topological polar surface area (TPSA) is 38.7 Å². The van der Waals surface area contributed by atoms with Gasteiger partial charge in [-0.25, -0.2) is 9.97 Å². The molecule has 0 radical (unpaired) electrons. The van der Waals surface area contributed by atoms with Gasteiger partial charge in [-0.1, -0.05) is 57.5 Å². The van der Waals surface area contributed by atoms with E-state index in [1.165, 1.54) is 11.3 Å². The summed E-state index contributed by atoms with van der Waals surface area (Å²) in [6.45, 7) is 11.9. The number of hydrogen-bond acceptors (Lipinski definition) is 6. The summed E-state index contributed by atoms with van der Waals surface area (Å²) < 4.78 is 0. The predicted octanol–water partition coefficient (Wildman–Crippen LogP) is 6.26. The number of para-hydroxylation sites is 1. The van der Waals surface area contributed by atoms with Gasteiger partial charge >= 0.3 is 0 Å². The maximum atomic E-state index is 4.80. The number of aromatic nitrogens is 2. The second-order valence-electron chi connectivity index (χ2n) is 11.4. The van der Waals surface area contributed by atoms with E-state index >= 15 is 0 Å². The summed E-state index contributed by atoms with van der Waals surface area (Å²) in [6.07, 6.45) is 16.0. The van der Waals surface area contributed by atoms with Crippen molar-refractivity contribution in [2.45, 2.75) is 84.1 Å². The van der Waals surface area contributed by atoms with Crippen LogP contribution in [0.1, 0.15) is 65.9 Å². The highest BCUT2D eigenvalue weighted by Crippen LogP contribution is 2.72. The molecule has 0 amide bonds. The van der Waals surface area contributed by atoms with Crippen molar-refractivity contribution in [3.8, 4) is 0 Å². The SMILES string of the molecule is CCC(C1=CC2(CC)C3N(C)c4cncnc4N3c3ccccc3C12CC)C(CC)N1C=CN(C)C1C. The van der Waals surface area contributed by atoms with Crippen molar-refractivity contribution in [2.24, 2.45) is 11.3 Å². The van der Waals surface area contributed by atoms with E-state index in [0.29, 0.717) is 18.1 Å². The van der Waals surface area contributed by atoms with Crippen LogP contribution in [0.4, 0.5) is 17.2 Å². The van der Waals surface area contributed by atoms with Crippen LogP contribution in [0.5, 0.6) is 0 Å². The molecule has 6 heteroatoms. The number of hydrogen-bond donors (Lipinski definition) is 0. The fourth-order valence-corrected chi connectivity index (χ4v) is 8.62. The largest absolute Gasteiger partial charge is 0.359 e. The quantitative estimate of drug-likeness (QED) is 0.420. The van der Waals surface area contributed by atoms with E-state index in [2.05, 4.69) is 116 Å². The zero-order valence-electron chi connectivity index (χ0n) is 23.5. The number of benzene rings is 1. The molecule has 0 spiro atoms. The van der Waals surface area contributed by atoms with E-state index < -0.39 is 0 Å². The molecule has 4 heterocycles. The highest BCUT2D eigenvalue weighted by molar-refractivity contribution is 5.86. The fourth-order valence-electron chi connectivity index (χ4n) is 8.62. The molecule has 0 bridgehead atoms. The first kappa shape index (κ1) is 24.3. The van der Waals surface area contributed by atoms with Gasteiger partial charge in [0, 0.05) is 55.0 Å². The Kier molecular flexibility index (Phi) is 5.59. The average Bonchev–Trinajstić information content (AvgIpc) is 3.40. The molecular weight excluding hydrogens is 456 g/mol. The van der Waals surface area contributed by atoms with E-state index in [0.717, 1.165) is 37.2 Å². The molecule has 1 aromatic heterocycles. The van der Waals surface area contributed by atoms with Crippen molar-refractivity contribution in [1.82, 2.24) is 19.8 Å². The lowest BCUT2D eigenvalue weighted by atomic mass is 9.41. The Labute approximate surface area is 222 Å². The molecule has 0 saturated heterocycles. The minimum Gasteiger partial charge on any atom is -0.359 e. The summed E-state index contributed by atoms with van der Waals surface area (Å²) in [7, 11) is 4.43. The summed E-state index contributed by atoms with van der Waals surface area (Å²) in [6, 6.07) is 9.63. The van der Waals surface area contributed by atoms with Crippen LogP contribution < -0.4 is 9.80 Å². The van der Waals surface area contributed by atoms with Crippen LogP contribution in [-0.4, -0.2) is 52.2 Å². The Hall–Kier alpha value is -3.02. The third kappa shape index (κ3) is 2.82. The molecule has 6 rings (SSSR count). The highest BCUT2D eigenvalue weighted by Gasteiger charge is 2.70. The molecule has 0 N–H and O–H groups in total. The number of fused-ring (bicyclic) bond motifs is 8. The van der Waals surface area contributed by atoms with Crippen molar-refractivity contribution in [3.63, 3.8) is 0 Å². The molecule has 6 nitrogen and oxygen atoms in total. The van der Waals surface area contributed by atoms with Gasteiger partial charge in [-0.05, 0) is 44.2 Å². The molecule has 0 saturated carbocycles. The van der Waals surface area contributed by atoms with Gasteiger partial charge in [0.15, 0.2) is 5.82 Å². The first-order valence-corrected chi connectivity index (χ1v) is 14.2. The Morgan fingerprint density at radius 2 is 1.76 bits per heavy atom. The molecule has 2 aromatic rings. The lowest BCUT2D eigenvalue weighted by molar-refractivity contribution is 0.0593. The zero-order chi connectivity index (χ0) is 26.1. The summed E-state index contributed by atoms with van der Waals surface area (Å²) in [5, 5.41) is 0. The third-order valence-electron chi connectivity index (χ3n) is 10.4. The maximum absolute atomic E-state index is 4.80. The van der Waals surface area contributed by atoms with Crippen LogP contribution in [0.2, 0.25) is 0 Å². The molecule has 6 atom stereocenters. The van der Waals surface area contributed by atoms with Gasteiger partial charge in [0.2, 0.25) is 0 Å². The van der Waals surface area contributed by atoms with Crippen LogP contribution in [0.3, 0.4) is 0 Å². The second kappa shape index (κ2) is 8.50. The van der Waals surface area contributed by atoms with Crippen LogP contribution in [0, 0.1) is 11.3 Å². The summed E-state index contributed by atoms with van der Waals surface area (Å²) >= 11 is 0. The van der Waals surface area contributed by atoms with Crippen molar-refractivity contribution in [1.29, 1.82) is 0 Å². The van der Waals surface area contributed by atoms with Crippen molar-refractivity contribution in [2.75, 3.05) is 23.9 Å². The molecule has 1 aromatic carbocycles. The van der Waals surface area contributed by atoms with Crippen molar-refractivity contribution in [3.05, 3.63) is 66.4 Å². The second-order valence-corrected chi connectivity index (χ2v) is 11.4. The first-order chi connectivity index (χ1) is 17.9. The van der Waals surface area contributed by atoms with Gasteiger partial charge in [-0.15, -0.1) is 0 Å². The van der Waals surface area contributed by atoms with E-state index in [9.17, 15) is 0 Å². The van der Waals surface area contributed by atoms with Crippen molar-refractivity contribution >= 4 is 17.2 Å². The van der Waals surface area contributed by atoms with Crippen LogP contribution in [0.15, 0.2) is 60.8 Å². The normalized spacial score (nSPS) is 30.8. The van der Waals surface area contributed by atoms with Gasteiger partial charge in [0.1, 0.15) is 18.2 Å². The molecule has 1 aliphatic carbocycles. The maximum Gasteiger partial charge on any atom is 0.161 e. The number of nitrogens with zero attached hydrogens (tertiary/aromatic N) is 6. The van der Waals surface area contributed by atoms with Gasteiger partial charge in [0.05, 0.1) is 12.4 Å². The van der Waals surface area contributed by atoms with E-state index in [-0.39, 0.29) is 17.0 Å². The number of rotatable bonds is 7. The average molecular weight is 499 g/mol. The molecule has 4 aliphatic rings. The van der Waals surface area contributed by atoms with E-state index in [4.69, 9.17) is 4.98 Å². The molecule has 6 unspecified atom stereocenters. The lowest BCUT2D eigenvalue weighted by Gasteiger charge is -2.68. The molecule has 0 fully saturated rings. The third-order valence-corrected chi connectivity index (χ3v) is 10.4. The van der Waals surface area contributed by atoms with E-state index in [1.807, 2.05) is 6.20 Å². The molecule has 37 heavy (non-hydrogen) atoms. The summed E-state index contributed by atoms with van der Waals surface area (Å²) in [5.41, 5.74) is 5.56. The fraction of sp³-hybridized carbons (Fsp3) is 0.548. The lowest BCUT2D eigenvalue weighted by Crippen LogP contribution is -2.70. The monoisotopic (exact) mass is 498 g/mol. The molecular formula is C31H42N6. The minimum absolute atomic E-state index is 0.00405. The van der Waals surface area contributed by atoms with Crippen LogP contribution in [0.25, 0.3) is 0 Å². The van der Waals surface area contributed by atoms with Gasteiger partial charge in [0.25, 0.3) is 0 Å². The van der Waals surface area contributed by atoms with Crippen molar-refractivity contribution < 1.29 is 0 Å². The van der Waals surface area contributed by atoms with Crippen LogP contribution in [-0.2, 0) is 5.41 Å². The Balaban J connectivity index is 1.55. The first-order valence-electron chi connectivity index (χ1n) is 14.2. The molecule has 196 valence electrons. The Morgan fingerprint density at radius 3 is 2.41 bits per heavy atom. The van der Waals surface area contributed by atoms with Gasteiger partial charge in [-0.2, -0.15) is 0 Å². The number of anilines is 3. The smallest absolute Gasteiger partial charge is 0.161 e. The zero-order valence-corrected chi connectivity index (χ0v) is 23.5. The summed E-state index contributed by atoms with van der Waals surface area (Å²) in [4.78, 5) is 19.1. The molecule has 3 aliphatic heterocycles. The highest BCUT2D eigenvalue weighted by atomic mass is 15.5. The Bertz CT molecular complexity index is 1250. The predicted molar refractivity (Wildman–Crippen MR) is 152 cm³/mol. The van der Waals surface area contributed by atoms with Gasteiger partial charge < -0.3 is 19.6 Å². The standard InChI is InChI=1S/C31H42N6/c1-8-22(25(9-2)36-17-16-34(6)21(36)5)24-18-30(10-3)29-35(7)27-19-32-20-33-28(27)37(29)26-15-13-12-14-23(26)31(24,30)11-4/h12-22,25,29H,8-11H2,1-7H3. The van der Waals surface area contributed by atoms with Crippen LogP contribution >= 0.6 is 0 Å².